The number of pyridine rings is 1. The first-order valence-electron chi connectivity index (χ1n) is 10.5. The summed E-state index contributed by atoms with van der Waals surface area (Å²) in [6.07, 6.45) is 3.94. The van der Waals surface area contributed by atoms with Crippen molar-refractivity contribution in [3.05, 3.63) is 70.9 Å². The molecule has 0 saturated carbocycles. The van der Waals surface area contributed by atoms with Crippen LogP contribution in [-0.2, 0) is 4.79 Å². The van der Waals surface area contributed by atoms with E-state index in [1.165, 1.54) is 11.3 Å². The van der Waals surface area contributed by atoms with Gasteiger partial charge in [-0.2, -0.15) is 5.10 Å². The normalized spacial score (nSPS) is 15.0. The largest absolute Gasteiger partial charge is 0.368 e. The van der Waals surface area contributed by atoms with Gasteiger partial charge in [-0.3, -0.25) is 14.7 Å². The number of carbonyl (C=O) groups excluding carboxylic acids is 1. The number of rotatable bonds is 6. The van der Waals surface area contributed by atoms with Crippen LogP contribution in [0, 0.1) is 6.92 Å². The first-order chi connectivity index (χ1) is 15.1. The van der Waals surface area contributed by atoms with Gasteiger partial charge in [0, 0.05) is 61.4 Å². The zero-order valence-corrected chi connectivity index (χ0v) is 18.3. The zero-order chi connectivity index (χ0) is 21.6. The SMILES string of the molecule is Cc1ccc(/C=N/NC(=O)CCN2CCN(c3ccnc4cc(Cl)ccc34)CC2)cc1. The summed E-state index contributed by atoms with van der Waals surface area (Å²) in [4.78, 5) is 21.2. The highest BCUT2D eigenvalue weighted by molar-refractivity contribution is 6.31. The first kappa shape index (κ1) is 21.3. The molecule has 0 atom stereocenters. The Morgan fingerprint density at radius 2 is 1.90 bits per heavy atom. The summed E-state index contributed by atoms with van der Waals surface area (Å²) in [6.45, 7) is 6.42. The Balaban J connectivity index is 1.24. The molecule has 4 rings (SSSR count). The van der Waals surface area contributed by atoms with Crippen LogP contribution >= 0.6 is 11.6 Å². The Labute approximate surface area is 187 Å². The molecule has 0 spiro atoms. The van der Waals surface area contributed by atoms with E-state index in [9.17, 15) is 4.79 Å². The van der Waals surface area contributed by atoms with Gasteiger partial charge in [-0.15, -0.1) is 0 Å². The molecule has 1 aliphatic heterocycles. The van der Waals surface area contributed by atoms with Crippen LogP contribution in [-0.4, -0.2) is 54.7 Å². The van der Waals surface area contributed by atoms with Crippen molar-refractivity contribution >= 4 is 40.3 Å². The Kier molecular flexibility index (Phi) is 6.79. The van der Waals surface area contributed by atoms with Crippen LogP contribution in [0.4, 0.5) is 5.69 Å². The van der Waals surface area contributed by atoms with Crippen LogP contribution in [0.25, 0.3) is 10.9 Å². The average Bonchev–Trinajstić information content (AvgIpc) is 2.79. The zero-order valence-electron chi connectivity index (χ0n) is 17.6. The van der Waals surface area contributed by atoms with E-state index in [1.807, 2.05) is 55.6 Å². The minimum Gasteiger partial charge on any atom is -0.368 e. The van der Waals surface area contributed by atoms with Crippen molar-refractivity contribution in [1.82, 2.24) is 15.3 Å². The molecule has 2 aromatic carbocycles. The molecule has 1 amide bonds. The Bertz CT molecular complexity index is 1080. The molecule has 3 aromatic rings. The lowest BCUT2D eigenvalue weighted by atomic mass is 10.1. The Morgan fingerprint density at radius 3 is 2.68 bits per heavy atom. The van der Waals surface area contributed by atoms with Crippen LogP contribution in [0.2, 0.25) is 5.02 Å². The summed E-state index contributed by atoms with van der Waals surface area (Å²) >= 11 is 6.10. The Morgan fingerprint density at radius 1 is 1.13 bits per heavy atom. The van der Waals surface area contributed by atoms with Crippen molar-refractivity contribution in [2.75, 3.05) is 37.6 Å². The van der Waals surface area contributed by atoms with Gasteiger partial charge in [-0.1, -0.05) is 41.4 Å². The minimum absolute atomic E-state index is 0.0669. The number of hydrogen-bond donors (Lipinski definition) is 1. The monoisotopic (exact) mass is 435 g/mol. The number of fused-ring (bicyclic) bond motifs is 1. The summed E-state index contributed by atoms with van der Waals surface area (Å²) in [5, 5.41) is 5.87. The maximum atomic E-state index is 12.1. The predicted molar refractivity (Wildman–Crippen MR) is 127 cm³/mol. The maximum Gasteiger partial charge on any atom is 0.241 e. The molecule has 2 heterocycles. The van der Waals surface area contributed by atoms with E-state index in [0.717, 1.165) is 49.2 Å². The fraction of sp³-hybridized carbons (Fsp3) is 0.292. The summed E-state index contributed by atoms with van der Waals surface area (Å²) in [7, 11) is 0. The topological polar surface area (TPSA) is 60.8 Å². The van der Waals surface area contributed by atoms with Gasteiger partial charge in [0.1, 0.15) is 0 Å². The van der Waals surface area contributed by atoms with E-state index >= 15 is 0 Å². The van der Waals surface area contributed by atoms with Gasteiger partial charge in [0.2, 0.25) is 5.91 Å². The number of nitrogens with one attached hydrogen (secondary N) is 1. The smallest absolute Gasteiger partial charge is 0.241 e. The molecule has 0 bridgehead atoms. The molecule has 6 nitrogen and oxygen atoms in total. The summed E-state index contributed by atoms with van der Waals surface area (Å²) < 4.78 is 0. The van der Waals surface area contributed by atoms with Gasteiger partial charge < -0.3 is 4.90 Å². The third-order valence-electron chi connectivity index (χ3n) is 5.53. The fourth-order valence-electron chi connectivity index (χ4n) is 3.74. The van der Waals surface area contributed by atoms with E-state index in [-0.39, 0.29) is 5.91 Å². The molecule has 1 N–H and O–H groups in total. The number of hydrogen-bond acceptors (Lipinski definition) is 5. The number of piperazine rings is 1. The first-order valence-corrected chi connectivity index (χ1v) is 10.9. The summed E-state index contributed by atoms with van der Waals surface area (Å²) in [5.41, 5.74) is 6.88. The van der Waals surface area contributed by atoms with Crippen LogP contribution in [0.15, 0.2) is 59.8 Å². The predicted octanol–water partition coefficient (Wildman–Crippen LogP) is 3.86. The van der Waals surface area contributed by atoms with Gasteiger partial charge in [-0.25, -0.2) is 5.43 Å². The van der Waals surface area contributed by atoms with Crippen molar-refractivity contribution in [2.45, 2.75) is 13.3 Å². The van der Waals surface area contributed by atoms with Crippen LogP contribution in [0.3, 0.4) is 0 Å². The number of halogens is 1. The lowest BCUT2D eigenvalue weighted by molar-refractivity contribution is -0.121. The van der Waals surface area contributed by atoms with Crippen molar-refractivity contribution < 1.29 is 4.79 Å². The van der Waals surface area contributed by atoms with Gasteiger partial charge in [0.05, 0.1) is 11.7 Å². The molecule has 31 heavy (non-hydrogen) atoms. The number of anilines is 1. The molecule has 1 fully saturated rings. The number of benzene rings is 2. The van der Waals surface area contributed by atoms with Crippen molar-refractivity contribution in [1.29, 1.82) is 0 Å². The number of nitrogens with zero attached hydrogens (tertiary/aromatic N) is 4. The second-order valence-corrected chi connectivity index (χ2v) is 8.21. The second kappa shape index (κ2) is 9.90. The van der Waals surface area contributed by atoms with Crippen LogP contribution in [0.1, 0.15) is 17.5 Å². The van der Waals surface area contributed by atoms with Gasteiger partial charge in [0.15, 0.2) is 0 Å². The van der Waals surface area contributed by atoms with Crippen LogP contribution in [0.5, 0.6) is 0 Å². The second-order valence-electron chi connectivity index (χ2n) is 7.77. The van der Waals surface area contributed by atoms with Gasteiger partial charge in [-0.05, 0) is 36.8 Å². The minimum atomic E-state index is -0.0669. The highest BCUT2D eigenvalue weighted by atomic mass is 35.5. The lowest BCUT2D eigenvalue weighted by Gasteiger charge is -2.36. The highest BCUT2D eigenvalue weighted by Gasteiger charge is 2.19. The molecule has 1 aromatic heterocycles. The van der Waals surface area contributed by atoms with E-state index in [4.69, 9.17) is 11.6 Å². The quantitative estimate of drug-likeness (QED) is 0.471. The summed E-state index contributed by atoms with van der Waals surface area (Å²) in [5.74, 6) is -0.0669. The Hall–Kier alpha value is -2.96. The van der Waals surface area contributed by atoms with E-state index in [2.05, 4.69) is 31.4 Å². The molecule has 0 radical (unpaired) electrons. The standard InChI is InChI=1S/C24H26ClN5O/c1-18-2-4-19(5-3-18)17-27-28-24(31)9-11-29-12-14-30(15-13-29)23-8-10-26-22-16-20(25)6-7-21(22)23/h2-8,10,16-17H,9,11-15H2,1H3,(H,28,31)/b27-17+. The molecule has 0 aliphatic carbocycles. The summed E-state index contributed by atoms with van der Waals surface area (Å²) in [6, 6.07) is 15.9. The van der Waals surface area contributed by atoms with Gasteiger partial charge >= 0.3 is 0 Å². The van der Waals surface area contributed by atoms with E-state index in [1.54, 1.807) is 6.21 Å². The van der Waals surface area contributed by atoms with E-state index < -0.39 is 0 Å². The fourth-order valence-corrected chi connectivity index (χ4v) is 3.91. The van der Waals surface area contributed by atoms with Gasteiger partial charge in [0.25, 0.3) is 0 Å². The van der Waals surface area contributed by atoms with Crippen molar-refractivity contribution in [2.24, 2.45) is 5.10 Å². The molecule has 7 heteroatoms. The van der Waals surface area contributed by atoms with Crippen molar-refractivity contribution in [3.8, 4) is 0 Å². The molecule has 160 valence electrons. The molecule has 1 saturated heterocycles. The number of aryl methyl sites for hydroxylation is 1. The average molecular weight is 436 g/mol. The van der Waals surface area contributed by atoms with Crippen molar-refractivity contribution in [3.63, 3.8) is 0 Å². The number of aromatic nitrogens is 1. The molecular formula is C24H26ClN5O. The highest BCUT2D eigenvalue weighted by Crippen LogP contribution is 2.28. The van der Waals surface area contributed by atoms with E-state index in [0.29, 0.717) is 11.4 Å². The third-order valence-corrected chi connectivity index (χ3v) is 5.77. The molecule has 1 aliphatic rings. The molecule has 0 unspecified atom stereocenters. The van der Waals surface area contributed by atoms with Crippen LogP contribution < -0.4 is 10.3 Å². The third kappa shape index (κ3) is 5.60. The number of hydrazone groups is 1. The lowest BCUT2D eigenvalue weighted by Crippen LogP contribution is -2.47. The maximum absolute atomic E-state index is 12.1. The number of carbonyl (C=O) groups is 1. The number of amides is 1. The molecular weight excluding hydrogens is 410 g/mol.